The number of ether oxygens (including phenoxy) is 1. The van der Waals surface area contributed by atoms with Crippen LogP contribution in [-0.2, 0) is 6.42 Å². The summed E-state index contributed by atoms with van der Waals surface area (Å²) in [6, 6.07) is 22.9. The number of aromatic nitrogens is 1. The molecule has 0 aliphatic carbocycles. The highest BCUT2D eigenvalue weighted by atomic mass is 19.1. The molecule has 5 rings (SSSR count). The number of aromatic amines is 1. The molecule has 0 amide bonds. The second kappa shape index (κ2) is 6.56. The van der Waals surface area contributed by atoms with Gasteiger partial charge in [0.25, 0.3) is 0 Å². The predicted molar refractivity (Wildman–Crippen MR) is 105 cm³/mol. The Kier molecular flexibility index (Phi) is 3.91. The van der Waals surface area contributed by atoms with Gasteiger partial charge < -0.3 is 15.0 Å². The minimum absolute atomic E-state index is 0.0311. The first-order valence-corrected chi connectivity index (χ1v) is 9.14. The Labute approximate surface area is 156 Å². The van der Waals surface area contributed by atoms with Crippen molar-refractivity contribution in [2.24, 2.45) is 0 Å². The summed E-state index contributed by atoms with van der Waals surface area (Å²) in [5.41, 5.74) is 4.41. The molecule has 0 saturated heterocycles. The van der Waals surface area contributed by atoms with Gasteiger partial charge in [-0.3, -0.25) is 0 Å². The highest BCUT2D eigenvalue weighted by molar-refractivity contribution is 5.85. The summed E-state index contributed by atoms with van der Waals surface area (Å²) in [4.78, 5) is 3.49. The third-order valence-corrected chi connectivity index (χ3v) is 5.08. The minimum Gasteiger partial charge on any atom is -0.457 e. The predicted octanol–water partition coefficient (Wildman–Crippen LogP) is 5.33. The van der Waals surface area contributed by atoms with E-state index >= 15 is 0 Å². The van der Waals surface area contributed by atoms with E-state index in [0.29, 0.717) is 0 Å². The third-order valence-electron chi connectivity index (χ3n) is 5.08. The number of benzene rings is 3. The zero-order valence-corrected chi connectivity index (χ0v) is 14.7. The Hall–Kier alpha value is -3.11. The molecule has 3 aromatic carbocycles. The van der Waals surface area contributed by atoms with Gasteiger partial charge in [-0.1, -0.05) is 30.3 Å². The average Bonchev–Trinajstić information content (AvgIpc) is 3.07. The molecule has 1 atom stereocenters. The average molecular weight is 358 g/mol. The van der Waals surface area contributed by atoms with Crippen molar-refractivity contribution in [2.45, 2.75) is 12.5 Å². The van der Waals surface area contributed by atoms with Gasteiger partial charge in [0.15, 0.2) is 0 Å². The van der Waals surface area contributed by atoms with E-state index in [9.17, 15) is 4.39 Å². The normalized spacial score (nSPS) is 16.3. The van der Waals surface area contributed by atoms with Crippen molar-refractivity contribution in [3.8, 4) is 11.5 Å². The van der Waals surface area contributed by atoms with Crippen LogP contribution in [0.1, 0.15) is 22.9 Å². The Morgan fingerprint density at radius 3 is 2.63 bits per heavy atom. The van der Waals surface area contributed by atoms with Gasteiger partial charge in [-0.2, -0.15) is 0 Å². The quantitative estimate of drug-likeness (QED) is 0.519. The van der Waals surface area contributed by atoms with E-state index in [-0.39, 0.29) is 11.9 Å². The molecule has 1 aliphatic heterocycles. The number of fused-ring (bicyclic) bond motifs is 3. The second-order valence-corrected chi connectivity index (χ2v) is 6.83. The highest BCUT2D eigenvalue weighted by Crippen LogP contribution is 2.35. The lowest BCUT2D eigenvalue weighted by Gasteiger charge is -2.25. The Bertz CT molecular complexity index is 1100. The first-order valence-electron chi connectivity index (χ1n) is 9.14. The van der Waals surface area contributed by atoms with Crippen molar-refractivity contribution in [3.05, 3.63) is 95.4 Å². The fraction of sp³-hybridized carbons (Fsp3) is 0.130. The van der Waals surface area contributed by atoms with Gasteiger partial charge in [-0.25, -0.2) is 4.39 Å². The summed E-state index contributed by atoms with van der Waals surface area (Å²) in [6.45, 7) is 0.852. The number of para-hydroxylation sites is 1. The number of halogens is 1. The lowest BCUT2D eigenvalue weighted by atomic mass is 9.94. The largest absolute Gasteiger partial charge is 0.457 e. The summed E-state index contributed by atoms with van der Waals surface area (Å²) >= 11 is 0. The molecule has 2 heterocycles. The first kappa shape index (κ1) is 16.1. The fourth-order valence-corrected chi connectivity index (χ4v) is 3.87. The SMILES string of the molecule is Fc1ccc2[nH]c3c(c2c1)CCNC3c1cccc(Oc2ccccc2)c1. The molecule has 134 valence electrons. The van der Waals surface area contributed by atoms with Gasteiger partial charge in [0.05, 0.1) is 6.04 Å². The van der Waals surface area contributed by atoms with Crippen LogP contribution in [-0.4, -0.2) is 11.5 Å². The monoisotopic (exact) mass is 358 g/mol. The summed E-state index contributed by atoms with van der Waals surface area (Å²) in [5.74, 6) is 1.42. The summed E-state index contributed by atoms with van der Waals surface area (Å²) in [7, 11) is 0. The van der Waals surface area contributed by atoms with Crippen LogP contribution in [0.4, 0.5) is 4.39 Å². The number of nitrogens with one attached hydrogen (secondary N) is 2. The zero-order valence-electron chi connectivity index (χ0n) is 14.7. The summed E-state index contributed by atoms with van der Waals surface area (Å²) in [5, 5.41) is 4.56. The summed E-state index contributed by atoms with van der Waals surface area (Å²) in [6.07, 6.45) is 0.884. The van der Waals surface area contributed by atoms with Crippen LogP contribution in [0.15, 0.2) is 72.8 Å². The van der Waals surface area contributed by atoms with Gasteiger partial charge in [-0.15, -0.1) is 0 Å². The molecule has 1 unspecified atom stereocenters. The van der Waals surface area contributed by atoms with E-state index in [1.807, 2.05) is 48.5 Å². The van der Waals surface area contributed by atoms with Crippen molar-refractivity contribution >= 4 is 10.9 Å². The maximum Gasteiger partial charge on any atom is 0.127 e. The molecule has 3 nitrogen and oxygen atoms in total. The van der Waals surface area contributed by atoms with Gasteiger partial charge in [0.1, 0.15) is 17.3 Å². The van der Waals surface area contributed by atoms with E-state index in [0.717, 1.165) is 46.6 Å². The number of H-pyrrole nitrogens is 1. The lowest BCUT2D eigenvalue weighted by molar-refractivity contribution is 0.479. The molecule has 1 aromatic heterocycles. The van der Waals surface area contributed by atoms with E-state index in [2.05, 4.69) is 22.4 Å². The number of hydrogen-bond donors (Lipinski definition) is 2. The van der Waals surface area contributed by atoms with Crippen LogP contribution >= 0.6 is 0 Å². The van der Waals surface area contributed by atoms with E-state index in [1.54, 1.807) is 6.07 Å². The molecular weight excluding hydrogens is 339 g/mol. The van der Waals surface area contributed by atoms with Crippen LogP contribution < -0.4 is 10.1 Å². The third kappa shape index (κ3) is 2.98. The van der Waals surface area contributed by atoms with Crippen LogP contribution in [0.2, 0.25) is 0 Å². The van der Waals surface area contributed by atoms with Crippen LogP contribution in [0.25, 0.3) is 10.9 Å². The summed E-state index contributed by atoms with van der Waals surface area (Å²) < 4.78 is 19.7. The molecule has 0 saturated carbocycles. The van der Waals surface area contributed by atoms with Crippen molar-refractivity contribution in [3.63, 3.8) is 0 Å². The number of hydrogen-bond acceptors (Lipinski definition) is 2. The van der Waals surface area contributed by atoms with Gasteiger partial charge >= 0.3 is 0 Å². The molecular formula is C23H19FN2O. The Morgan fingerprint density at radius 1 is 0.889 bits per heavy atom. The standard InChI is InChI=1S/C23H19FN2O/c24-16-9-10-21-20(14-16)19-11-12-25-22(23(19)26-21)15-5-4-8-18(13-15)27-17-6-2-1-3-7-17/h1-10,13-14,22,25-26H,11-12H2. The molecule has 4 heteroatoms. The van der Waals surface area contributed by atoms with Crippen molar-refractivity contribution in [1.82, 2.24) is 10.3 Å². The van der Waals surface area contributed by atoms with Crippen LogP contribution in [0, 0.1) is 5.82 Å². The van der Waals surface area contributed by atoms with E-state index < -0.39 is 0 Å². The van der Waals surface area contributed by atoms with Crippen LogP contribution in [0.5, 0.6) is 11.5 Å². The molecule has 0 spiro atoms. The maximum absolute atomic E-state index is 13.7. The first-order chi connectivity index (χ1) is 13.3. The molecule has 0 fully saturated rings. The molecule has 0 radical (unpaired) electrons. The van der Waals surface area contributed by atoms with Crippen LogP contribution in [0.3, 0.4) is 0 Å². The van der Waals surface area contributed by atoms with E-state index in [1.165, 1.54) is 11.6 Å². The maximum atomic E-state index is 13.7. The fourth-order valence-electron chi connectivity index (χ4n) is 3.87. The van der Waals surface area contributed by atoms with Gasteiger partial charge in [0, 0.05) is 23.1 Å². The lowest BCUT2D eigenvalue weighted by Crippen LogP contribution is -2.30. The molecule has 27 heavy (non-hydrogen) atoms. The topological polar surface area (TPSA) is 37.0 Å². The highest BCUT2D eigenvalue weighted by Gasteiger charge is 2.25. The second-order valence-electron chi connectivity index (χ2n) is 6.83. The van der Waals surface area contributed by atoms with Crippen molar-refractivity contribution in [2.75, 3.05) is 6.54 Å². The zero-order chi connectivity index (χ0) is 18.2. The van der Waals surface area contributed by atoms with Gasteiger partial charge in [-0.05, 0) is 60.0 Å². The molecule has 2 N–H and O–H groups in total. The Morgan fingerprint density at radius 2 is 1.74 bits per heavy atom. The van der Waals surface area contributed by atoms with E-state index in [4.69, 9.17) is 4.74 Å². The molecule has 1 aliphatic rings. The minimum atomic E-state index is -0.197. The van der Waals surface area contributed by atoms with Gasteiger partial charge in [0.2, 0.25) is 0 Å². The molecule has 4 aromatic rings. The smallest absolute Gasteiger partial charge is 0.127 e. The molecule has 0 bridgehead atoms. The van der Waals surface area contributed by atoms with Crippen molar-refractivity contribution < 1.29 is 9.13 Å². The number of rotatable bonds is 3. The van der Waals surface area contributed by atoms with Crippen molar-refractivity contribution in [1.29, 1.82) is 0 Å². The Balaban J connectivity index is 1.53.